The smallest absolute Gasteiger partial charge is 0.306 e. The van der Waals surface area contributed by atoms with Crippen molar-refractivity contribution < 1.29 is 14.3 Å². The van der Waals surface area contributed by atoms with Crippen LogP contribution < -0.4 is 11.3 Å². The molecule has 158 valence electrons. The molecule has 0 spiro atoms. The van der Waals surface area contributed by atoms with Crippen molar-refractivity contribution in [2.75, 3.05) is 5.73 Å². The van der Waals surface area contributed by atoms with Crippen molar-refractivity contribution in [3.63, 3.8) is 0 Å². The predicted octanol–water partition coefficient (Wildman–Crippen LogP) is 2.87. The number of halogens is 1. The summed E-state index contributed by atoms with van der Waals surface area (Å²) in [4.78, 5) is 40.7. The van der Waals surface area contributed by atoms with Gasteiger partial charge in [0.25, 0.3) is 5.56 Å². The molecule has 0 unspecified atom stereocenters. The molecular formula is C21H19FN6O3. The van der Waals surface area contributed by atoms with Crippen LogP contribution in [0.3, 0.4) is 0 Å². The molecule has 1 fully saturated rings. The van der Waals surface area contributed by atoms with Crippen LogP contribution in [-0.4, -0.2) is 35.6 Å². The Morgan fingerprint density at radius 1 is 1.23 bits per heavy atom. The monoisotopic (exact) mass is 422 g/mol. The number of nitrogens with two attached hydrogens (primary N) is 1. The zero-order valence-corrected chi connectivity index (χ0v) is 16.4. The quantitative estimate of drug-likeness (QED) is 0.461. The first-order valence-corrected chi connectivity index (χ1v) is 9.96. The Morgan fingerprint density at radius 2 is 2.00 bits per heavy atom. The third kappa shape index (κ3) is 3.11. The van der Waals surface area contributed by atoms with E-state index in [4.69, 9.17) is 5.73 Å². The third-order valence-electron chi connectivity index (χ3n) is 6.01. The van der Waals surface area contributed by atoms with E-state index in [0.717, 1.165) is 0 Å². The minimum atomic E-state index is -0.816. The van der Waals surface area contributed by atoms with Crippen molar-refractivity contribution in [1.29, 1.82) is 0 Å². The fourth-order valence-electron chi connectivity index (χ4n) is 4.43. The van der Waals surface area contributed by atoms with E-state index in [0.29, 0.717) is 53.3 Å². The number of hydrogen-bond acceptors (Lipinski definition) is 6. The molecule has 0 aliphatic heterocycles. The maximum atomic E-state index is 13.6. The summed E-state index contributed by atoms with van der Waals surface area (Å²) in [5.41, 5.74) is 7.56. The number of hydrogen-bond donors (Lipinski definition) is 3. The van der Waals surface area contributed by atoms with Crippen LogP contribution in [0.15, 0.2) is 35.5 Å². The second-order valence-electron chi connectivity index (χ2n) is 7.80. The molecule has 10 heteroatoms. The van der Waals surface area contributed by atoms with Gasteiger partial charge >= 0.3 is 5.97 Å². The summed E-state index contributed by atoms with van der Waals surface area (Å²) in [6.07, 6.45) is 4.89. The maximum Gasteiger partial charge on any atom is 0.306 e. The lowest BCUT2D eigenvalue weighted by Gasteiger charge is -2.28. The Hall–Kier alpha value is -3.82. The number of carboxylic acids is 1. The lowest BCUT2D eigenvalue weighted by atomic mass is 9.86. The normalized spacial score (nSPS) is 19.1. The molecule has 4 N–H and O–H groups in total. The highest BCUT2D eigenvalue weighted by atomic mass is 19.1. The molecule has 9 nitrogen and oxygen atoms in total. The first-order valence-electron chi connectivity index (χ1n) is 9.96. The van der Waals surface area contributed by atoms with Crippen LogP contribution in [0.2, 0.25) is 0 Å². The van der Waals surface area contributed by atoms with E-state index in [-0.39, 0.29) is 23.1 Å². The van der Waals surface area contributed by atoms with Crippen LogP contribution in [0.5, 0.6) is 0 Å². The largest absolute Gasteiger partial charge is 0.481 e. The molecule has 1 aliphatic rings. The molecular weight excluding hydrogens is 403 g/mol. The van der Waals surface area contributed by atoms with E-state index < -0.39 is 17.7 Å². The summed E-state index contributed by atoms with van der Waals surface area (Å²) in [5.74, 6) is -1.48. The van der Waals surface area contributed by atoms with Gasteiger partial charge in [0.15, 0.2) is 11.5 Å². The maximum absolute atomic E-state index is 13.6. The summed E-state index contributed by atoms with van der Waals surface area (Å²) in [6.45, 7) is 0. The fourth-order valence-corrected chi connectivity index (χ4v) is 4.43. The van der Waals surface area contributed by atoms with Crippen LogP contribution in [0.4, 0.5) is 10.2 Å². The molecule has 4 aromatic rings. The molecule has 1 aliphatic carbocycles. The van der Waals surface area contributed by atoms with Crippen molar-refractivity contribution in [3.8, 4) is 11.3 Å². The Bertz CT molecular complexity index is 1390. The molecule has 3 aromatic heterocycles. The fraction of sp³-hybridized carbons (Fsp3) is 0.286. The number of benzene rings is 1. The summed E-state index contributed by atoms with van der Waals surface area (Å²) < 4.78 is 15.2. The number of H-pyrrole nitrogens is 1. The highest BCUT2D eigenvalue weighted by Gasteiger charge is 2.30. The van der Waals surface area contributed by atoms with E-state index in [1.807, 2.05) is 0 Å². The van der Waals surface area contributed by atoms with Gasteiger partial charge in [0, 0.05) is 28.7 Å². The van der Waals surface area contributed by atoms with Crippen LogP contribution in [0.1, 0.15) is 31.7 Å². The number of nitrogen functional groups attached to an aromatic ring is 1. The minimum absolute atomic E-state index is 0.144. The Morgan fingerprint density at radius 3 is 2.74 bits per heavy atom. The molecule has 3 heterocycles. The lowest BCUT2D eigenvalue weighted by molar-refractivity contribution is -0.143. The zero-order valence-electron chi connectivity index (χ0n) is 16.4. The number of anilines is 1. The Kier molecular flexibility index (Phi) is 4.42. The minimum Gasteiger partial charge on any atom is -0.481 e. The number of carboxylic acid groups (broad SMARTS) is 1. The molecule has 0 saturated heterocycles. The molecule has 0 radical (unpaired) electrons. The average Bonchev–Trinajstić information content (AvgIpc) is 3.16. The number of aromatic nitrogens is 5. The van der Waals surface area contributed by atoms with Crippen molar-refractivity contribution in [3.05, 3.63) is 46.9 Å². The van der Waals surface area contributed by atoms with E-state index in [9.17, 15) is 19.1 Å². The van der Waals surface area contributed by atoms with E-state index in [2.05, 4.69) is 19.9 Å². The van der Waals surface area contributed by atoms with E-state index in [1.165, 1.54) is 18.5 Å². The van der Waals surface area contributed by atoms with Gasteiger partial charge in [0.2, 0.25) is 0 Å². The van der Waals surface area contributed by atoms with Crippen molar-refractivity contribution >= 4 is 33.9 Å². The molecule has 0 bridgehead atoms. The summed E-state index contributed by atoms with van der Waals surface area (Å²) >= 11 is 0. The standard InChI is InChI=1S/C21H19FN6O3/c22-11-3-6-13-14(8-24-15(13)7-11)16-20(29)28(12-4-1-10(2-5-12)21(30)31)19-17(27-16)18(23)25-9-26-19/h3,6-10,12,24H,1-2,4-5H2,(H,30,31)(H2,23,25,26). The second kappa shape index (κ2) is 7.15. The summed E-state index contributed by atoms with van der Waals surface area (Å²) in [6, 6.07) is 4.03. The third-order valence-corrected chi connectivity index (χ3v) is 6.01. The first-order chi connectivity index (χ1) is 14.9. The van der Waals surface area contributed by atoms with Gasteiger partial charge in [-0.15, -0.1) is 0 Å². The zero-order chi connectivity index (χ0) is 21.7. The molecule has 0 amide bonds. The number of nitrogens with one attached hydrogen (secondary N) is 1. The molecule has 0 atom stereocenters. The second-order valence-corrected chi connectivity index (χ2v) is 7.80. The van der Waals surface area contributed by atoms with Crippen LogP contribution in [0, 0.1) is 11.7 Å². The molecule has 1 aromatic carbocycles. The van der Waals surface area contributed by atoms with Gasteiger partial charge in [0.1, 0.15) is 23.4 Å². The van der Waals surface area contributed by atoms with Gasteiger partial charge in [-0.25, -0.2) is 19.3 Å². The van der Waals surface area contributed by atoms with Gasteiger partial charge in [-0.05, 0) is 43.9 Å². The van der Waals surface area contributed by atoms with Crippen molar-refractivity contribution in [2.45, 2.75) is 31.7 Å². The van der Waals surface area contributed by atoms with Crippen molar-refractivity contribution in [2.24, 2.45) is 5.92 Å². The summed E-state index contributed by atoms with van der Waals surface area (Å²) in [5, 5.41) is 9.96. The van der Waals surface area contributed by atoms with Gasteiger partial charge < -0.3 is 15.8 Å². The molecule has 31 heavy (non-hydrogen) atoms. The summed E-state index contributed by atoms with van der Waals surface area (Å²) in [7, 11) is 0. The van der Waals surface area contributed by atoms with Gasteiger partial charge in [-0.1, -0.05) is 0 Å². The van der Waals surface area contributed by atoms with Crippen molar-refractivity contribution in [1.82, 2.24) is 24.5 Å². The number of aliphatic carboxylic acids is 1. The topological polar surface area (TPSA) is 140 Å². The number of rotatable bonds is 3. The van der Waals surface area contributed by atoms with Crippen LogP contribution >= 0.6 is 0 Å². The van der Waals surface area contributed by atoms with E-state index in [1.54, 1.807) is 16.8 Å². The number of carbonyl (C=O) groups is 1. The van der Waals surface area contributed by atoms with Gasteiger partial charge in [-0.2, -0.15) is 0 Å². The SMILES string of the molecule is Nc1ncnc2c1nc(-c1c[nH]c3cc(F)ccc13)c(=O)n2C1CCC(C(=O)O)CC1. The first kappa shape index (κ1) is 19.2. The number of aromatic amines is 1. The van der Waals surface area contributed by atoms with E-state index >= 15 is 0 Å². The molecule has 1 saturated carbocycles. The lowest BCUT2D eigenvalue weighted by Crippen LogP contribution is -2.32. The van der Waals surface area contributed by atoms with Crippen LogP contribution in [-0.2, 0) is 4.79 Å². The number of nitrogens with zero attached hydrogens (tertiary/aromatic N) is 4. The van der Waals surface area contributed by atoms with Gasteiger partial charge in [-0.3, -0.25) is 14.2 Å². The average molecular weight is 422 g/mol. The highest BCUT2D eigenvalue weighted by molar-refractivity contribution is 5.95. The van der Waals surface area contributed by atoms with Crippen LogP contribution in [0.25, 0.3) is 33.3 Å². The predicted molar refractivity (Wildman–Crippen MR) is 112 cm³/mol. The highest BCUT2D eigenvalue weighted by Crippen LogP contribution is 2.34. The Labute approximate surface area is 174 Å². The molecule has 5 rings (SSSR count). The number of fused-ring (bicyclic) bond motifs is 2. The Balaban J connectivity index is 1.72. The van der Waals surface area contributed by atoms with Gasteiger partial charge in [0.05, 0.1) is 5.92 Å².